The summed E-state index contributed by atoms with van der Waals surface area (Å²) in [5.41, 5.74) is 9.46. The molecular weight excluding hydrogens is 288 g/mol. The van der Waals surface area contributed by atoms with Crippen LogP contribution in [0.15, 0.2) is 42.5 Å². The zero-order chi connectivity index (χ0) is 16.2. The Bertz CT molecular complexity index is 706. The predicted octanol–water partition coefficient (Wildman–Crippen LogP) is 3.27. The zero-order valence-electron chi connectivity index (χ0n) is 13.3. The van der Waals surface area contributed by atoms with Gasteiger partial charge in [0, 0.05) is 5.56 Å². The number of carbonyl (C=O) groups is 1. The van der Waals surface area contributed by atoms with Gasteiger partial charge in [0.2, 0.25) is 0 Å². The molecule has 2 aromatic rings. The number of nitrogens with two attached hydrogens (primary N) is 1. The SMILES string of the molecule is Cc1cccc(-c2cccc(C[C@H]3CCNC3)c2OC(N)=O)c1. The number of rotatable bonds is 4. The molecule has 0 spiro atoms. The van der Waals surface area contributed by atoms with Gasteiger partial charge in [0.25, 0.3) is 0 Å². The first-order chi connectivity index (χ1) is 11.1. The fraction of sp³-hybridized carbons (Fsp3) is 0.316. The number of hydrogen-bond acceptors (Lipinski definition) is 3. The van der Waals surface area contributed by atoms with E-state index in [1.54, 1.807) is 0 Å². The molecule has 1 saturated heterocycles. The maximum Gasteiger partial charge on any atom is 0.409 e. The zero-order valence-corrected chi connectivity index (χ0v) is 13.3. The van der Waals surface area contributed by atoms with Crippen LogP contribution in [0, 0.1) is 12.8 Å². The van der Waals surface area contributed by atoms with E-state index in [1.165, 1.54) is 0 Å². The number of amides is 1. The molecule has 1 aliphatic rings. The Labute approximate surface area is 136 Å². The van der Waals surface area contributed by atoms with Crippen LogP contribution in [0.5, 0.6) is 5.75 Å². The van der Waals surface area contributed by atoms with Gasteiger partial charge in [-0.1, -0.05) is 48.0 Å². The molecule has 1 fully saturated rings. The highest BCUT2D eigenvalue weighted by molar-refractivity contribution is 5.78. The minimum absolute atomic E-state index is 0.568. The van der Waals surface area contributed by atoms with E-state index < -0.39 is 6.09 Å². The van der Waals surface area contributed by atoms with Crippen molar-refractivity contribution in [3.05, 3.63) is 53.6 Å². The summed E-state index contributed by atoms with van der Waals surface area (Å²) >= 11 is 0. The van der Waals surface area contributed by atoms with Gasteiger partial charge in [-0.3, -0.25) is 0 Å². The van der Waals surface area contributed by atoms with Crippen molar-refractivity contribution in [2.24, 2.45) is 11.7 Å². The van der Waals surface area contributed by atoms with Gasteiger partial charge in [-0.05, 0) is 49.9 Å². The van der Waals surface area contributed by atoms with Crippen molar-refractivity contribution in [2.45, 2.75) is 19.8 Å². The maximum atomic E-state index is 11.4. The molecule has 120 valence electrons. The third kappa shape index (κ3) is 3.71. The van der Waals surface area contributed by atoms with E-state index in [1.807, 2.05) is 43.3 Å². The van der Waals surface area contributed by atoms with Crippen molar-refractivity contribution in [1.29, 1.82) is 0 Å². The average molecular weight is 310 g/mol. The molecule has 4 nitrogen and oxygen atoms in total. The molecule has 1 atom stereocenters. The number of ether oxygens (including phenoxy) is 1. The molecule has 1 amide bonds. The highest BCUT2D eigenvalue weighted by Crippen LogP contribution is 2.35. The standard InChI is InChI=1S/C19H22N2O2/c1-13-4-2-5-15(10-13)17-7-3-6-16(18(17)23-19(20)22)11-14-8-9-21-12-14/h2-7,10,14,21H,8-9,11-12H2,1H3,(H2,20,22)/t14-/m1/s1. The van der Waals surface area contributed by atoms with Crippen LogP contribution in [0.2, 0.25) is 0 Å². The van der Waals surface area contributed by atoms with Crippen LogP contribution in [0.4, 0.5) is 4.79 Å². The van der Waals surface area contributed by atoms with E-state index in [4.69, 9.17) is 10.5 Å². The molecule has 0 unspecified atom stereocenters. The fourth-order valence-corrected chi connectivity index (χ4v) is 3.21. The lowest BCUT2D eigenvalue weighted by Crippen LogP contribution is -2.18. The minimum Gasteiger partial charge on any atom is -0.410 e. The topological polar surface area (TPSA) is 64.3 Å². The van der Waals surface area contributed by atoms with Gasteiger partial charge in [-0.2, -0.15) is 0 Å². The Morgan fingerprint density at radius 3 is 2.83 bits per heavy atom. The molecule has 0 aromatic heterocycles. The number of aryl methyl sites for hydroxylation is 1. The van der Waals surface area contributed by atoms with Crippen LogP contribution >= 0.6 is 0 Å². The number of nitrogens with one attached hydrogen (secondary N) is 1. The molecule has 3 rings (SSSR count). The quantitative estimate of drug-likeness (QED) is 0.911. The first-order valence-corrected chi connectivity index (χ1v) is 8.00. The molecule has 3 N–H and O–H groups in total. The van der Waals surface area contributed by atoms with Crippen LogP contribution in [-0.4, -0.2) is 19.2 Å². The normalized spacial score (nSPS) is 17.2. The fourth-order valence-electron chi connectivity index (χ4n) is 3.21. The Morgan fingerprint density at radius 1 is 1.30 bits per heavy atom. The summed E-state index contributed by atoms with van der Waals surface area (Å²) in [6, 6.07) is 14.2. The van der Waals surface area contributed by atoms with Gasteiger partial charge in [-0.15, -0.1) is 0 Å². The number of para-hydroxylation sites is 1. The highest BCUT2D eigenvalue weighted by Gasteiger charge is 2.20. The van der Waals surface area contributed by atoms with Crippen molar-refractivity contribution < 1.29 is 9.53 Å². The molecule has 1 heterocycles. The van der Waals surface area contributed by atoms with Crippen molar-refractivity contribution in [2.75, 3.05) is 13.1 Å². The average Bonchev–Trinajstić information content (AvgIpc) is 3.01. The summed E-state index contributed by atoms with van der Waals surface area (Å²) in [6.07, 6.45) is 1.26. The van der Waals surface area contributed by atoms with Crippen molar-refractivity contribution in [3.8, 4) is 16.9 Å². The van der Waals surface area contributed by atoms with E-state index in [-0.39, 0.29) is 0 Å². The van der Waals surface area contributed by atoms with Crippen LogP contribution in [0.1, 0.15) is 17.5 Å². The lowest BCUT2D eigenvalue weighted by Gasteiger charge is -2.16. The smallest absolute Gasteiger partial charge is 0.409 e. The van der Waals surface area contributed by atoms with Gasteiger partial charge in [0.1, 0.15) is 5.75 Å². The minimum atomic E-state index is -0.768. The first-order valence-electron chi connectivity index (χ1n) is 8.00. The lowest BCUT2D eigenvalue weighted by atomic mass is 9.94. The monoisotopic (exact) mass is 310 g/mol. The summed E-state index contributed by atoms with van der Waals surface area (Å²) in [5, 5.41) is 3.37. The predicted molar refractivity (Wildman–Crippen MR) is 91.5 cm³/mol. The maximum absolute atomic E-state index is 11.4. The number of benzene rings is 2. The molecule has 0 radical (unpaired) electrons. The van der Waals surface area contributed by atoms with E-state index in [0.29, 0.717) is 11.7 Å². The Morgan fingerprint density at radius 2 is 2.13 bits per heavy atom. The highest BCUT2D eigenvalue weighted by atomic mass is 16.5. The van der Waals surface area contributed by atoms with Crippen LogP contribution in [-0.2, 0) is 6.42 Å². The molecule has 2 aromatic carbocycles. The summed E-state index contributed by atoms with van der Waals surface area (Å²) < 4.78 is 5.40. The van der Waals surface area contributed by atoms with Gasteiger partial charge >= 0.3 is 6.09 Å². The van der Waals surface area contributed by atoms with Gasteiger partial charge in [-0.25, -0.2) is 4.79 Å². The summed E-state index contributed by atoms with van der Waals surface area (Å²) in [4.78, 5) is 11.4. The lowest BCUT2D eigenvalue weighted by molar-refractivity contribution is 0.210. The number of carbonyl (C=O) groups excluding carboxylic acids is 1. The molecule has 0 aliphatic carbocycles. The largest absolute Gasteiger partial charge is 0.410 e. The first kappa shape index (κ1) is 15.6. The van der Waals surface area contributed by atoms with Gasteiger partial charge in [0.15, 0.2) is 0 Å². The molecular formula is C19H22N2O2. The Kier molecular flexibility index (Phi) is 4.63. The van der Waals surface area contributed by atoms with Gasteiger partial charge in [0.05, 0.1) is 0 Å². The third-order valence-corrected chi connectivity index (χ3v) is 4.30. The number of primary amides is 1. The van der Waals surface area contributed by atoms with Crippen LogP contribution in [0.3, 0.4) is 0 Å². The summed E-state index contributed by atoms with van der Waals surface area (Å²) in [7, 11) is 0. The summed E-state index contributed by atoms with van der Waals surface area (Å²) in [6.45, 7) is 4.10. The number of hydrogen-bond donors (Lipinski definition) is 2. The van der Waals surface area contributed by atoms with Crippen LogP contribution in [0.25, 0.3) is 11.1 Å². The van der Waals surface area contributed by atoms with Crippen molar-refractivity contribution in [1.82, 2.24) is 5.32 Å². The van der Waals surface area contributed by atoms with Gasteiger partial charge < -0.3 is 15.8 Å². The second-order valence-corrected chi connectivity index (χ2v) is 6.15. The van der Waals surface area contributed by atoms with Crippen LogP contribution < -0.4 is 15.8 Å². The van der Waals surface area contributed by atoms with Crippen molar-refractivity contribution >= 4 is 6.09 Å². The van der Waals surface area contributed by atoms with E-state index in [9.17, 15) is 4.79 Å². The van der Waals surface area contributed by atoms with Crippen molar-refractivity contribution in [3.63, 3.8) is 0 Å². The third-order valence-electron chi connectivity index (χ3n) is 4.30. The van der Waals surface area contributed by atoms with E-state index >= 15 is 0 Å². The molecule has 4 heteroatoms. The Hall–Kier alpha value is -2.33. The second-order valence-electron chi connectivity index (χ2n) is 6.15. The van der Waals surface area contributed by atoms with E-state index in [0.717, 1.165) is 48.2 Å². The molecule has 1 aliphatic heterocycles. The van der Waals surface area contributed by atoms with E-state index in [2.05, 4.69) is 11.4 Å². The second kappa shape index (κ2) is 6.84. The molecule has 0 bridgehead atoms. The molecule has 0 saturated carbocycles. The Balaban J connectivity index is 2.02. The summed E-state index contributed by atoms with van der Waals surface area (Å²) in [5.74, 6) is 1.16. The molecule has 23 heavy (non-hydrogen) atoms.